The predicted octanol–water partition coefficient (Wildman–Crippen LogP) is 2.64. The third kappa shape index (κ3) is 6.57. The Kier molecular flexibility index (Phi) is 7.73. The third-order valence-electron chi connectivity index (χ3n) is 3.73. The number of aryl methyl sites for hydroxylation is 1. The number of amides is 1. The summed E-state index contributed by atoms with van der Waals surface area (Å²) in [6.07, 6.45) is 0.0429. The Morgan fingerprint density at radius 1 is 1.17 bits per heavy atom. The van der Waals surface area contributed by atoms with Crippen molar-refractivity contribution in [1.82, 2.24) is 4.72 Å². The molecule has 29 heavy (non-hydrogen) atoms. The van der Waals surface area contributed by atoms with Gasteiger partial charge in [-0.1, -0.05) is 11.6 Å². The van der Waals surface area contributed by atoms with E-state index in [4.69, 9.17) is 21.6 Å². The number of nitrogens with zero attached hydrogens (tertiary/aromatic N) is 1. The summed E-state index contributed by atoms with van der Waals surface area (Å²) >= 11 is 5.86. The molecule has 0 aliphatic heterocycles. The van der Waals surface area contributed by atoms with E-state index in [1.807, 2.05) is 6.07 Å². The lowest BCUT2D eigenvalue weighted by molar-refractivity contribution is -0.119. The number of nitrogens with one attached hydrogen (secondary N) is 2. The van der Waals surface area contributed by atoms with Gasteiger partial charge in [0.1, 0.15) is 0 Å². The first kappa shape index (κ1) is 22.4. The molecular formula is C19H18ClN3O5S. The summed E-state index contributed by atoms with van der Waals surface area (Å²) in [5, 5.41) is 11.6. The Hall–Kier alpha value is -2.93. The number of carbonyl (C=O) groups is 2. The molecule has 0 heterocycles. The predicted molar refractivity (Wildman–Crippen MR) is 107 cm³/mol. The number of nitriles is 1. The van der Waals surface area contributed by atoms with E-state index < -0.39 is 28.5 Å². The molecule has 0 radical (unpaired) electrons. The summed E-state index contributed by atoms with van der Waals surface area (Å²) in [7, 11) is -3.77. The Morgan fingerprint density at radius 2 is 1.86 bits per heavy atom. The molecule has 0 atom stereocenters. The fourth-order valence-electron chi connectivity index (χ4n) is 2.26. The summed E-state index contributed by atoms with van der Waals surface area (Å²) in [4.78, 5) is 24.0. The van der Waals surface area contributed by atoms with Crippen molar-refractivity contribution in [1.29, 1.82) is 5.26 Å². The number of benzene rings is 2. The lowest BCUT2D eigenvalue weighted by Crippen LogP contribution is -2.24. The maximum Gasteiger partial charge on any atom is 0.338 e. The quantitative estimate of drug-likeness (QED) is 0.485. The zero-order chi connectivity index (χ0) is 21.4. The van der Waals surface area contributed by atoms with E-state index >= 15 is 0 Å². The van der Waals surface area contributed by atoms with Crippen molar-refractivity contribution in [3.8, 4) is 6.07 Å². The normalized spacial score (nSPS) is 10.8. The molecule has 0 spiro atoms. The average molecular weight is 436 g/mol. The fraction of sp³-hybridized carbons (Fsp3) is 0.211. The van der Waals surface area contributed by atoms with Crippen LogP contribution in [-0.4, -0.2) is 33.4 Å². The Morgan fingerprint density at radius 3 is 2.48 bits per heavy atom. The second-order valence-corrected chi connectivity index (χ2v) is 8.12. The van der Waals surface area contributed by atoms with E-state index in [1.165, 1.54) is 24.3 Å². The first-order valence-electron chi connectivity index (χ1n) is 8.43. The largest absolute Gasteiger partial charge is 0.452 e. The average Bonchev–Trinajstić information content (AvgIpc) is 2.68. The highest BCUT2D eigenvalue weighted by molar-refractivity contribution is 7.89. The Labute approximate surface area is 173 Å². The molecule has 2 aromatic rings. The second-order valence-electron chi connectivity index (χ2n) is 5.91. The molecule has 2 aromatic carbocycles. The summed E-state index contributed by atoms with van der Waals surface area (Å²) in [6.45, 7) is 1.26. The number of carbonyl (C=O) groups excluding carboxylic acids is 2. The zero-order valence-electron chi connectivity index (χ0n) is 15.4. The van der Waals surface area contributed by atoms with Crippen LogP contribution >= 0.6 is 11.6 Å². The van der Waals surface area contributed by atoms with Crippen molar-refractivity contribution in [2.45, 2.75) is 18.2 Å². The highest BCUT2D eigenvalue weighted by Gasteiger charge is 2.16. The molecule has 1 amide bonds. The number of esters is 1. The lowest BCUT2D eigenvalue weighted by atomic mass is 10.2. The van der Waals surface area contributed by atoms with Crippen molar-refractivity contribution in [2.75, 3.05) is 18.5 Å². The molecule has 8 nitrogen and oxygen atoms in total. The van der Waals surface area contributed by atoms with Gasteiger partial charge in [-0.05, 0) is 55.0 Å². The van der Waals surface area contributed by atoms with Gasteiger partial charge >= 0.3 is 5.97 Å². The molecule has 0 saturated heterocycles. The topological polar surface area (TPSA) is 125 Å². The van der Waals surface area contributed by atoms with Crippen LogP contribution in [0.3, 0.4) is 0 Å². The molecule has 0 unspecified atom stereocenters. The monoisotopic (exact) mass is 435 g/mol. The summed E-state index contributed by atoms with van der Waals surface area (Å²) in [6, 6.07) is 11.8. The minimum Gasteiger partial charge on any atom is -0.452 e. The van der Waals surface area contributed by atoms with Crippen LogP contribution in [0.1, 0.15) is 22.3 Å². The Balaban J connectivity index is 1.92. The van der Waals surface area contributed by atoms with Gasteiger partial charge in [-0.2, -0.15) is 5.26 Å². The van der Waals surface area contributed by atoms with E-state index in [2.05, 4.69) is 10.0 Å². The number of ether oxygens (including phenoxy) is 1. The number of hydrogen-bond donors (Lipinski definition) is 2. The standard InChI is InChI=1S/C19H18ClN3O5S/c1-13-11-15(20)5-8-17(13)23-18(24)12-28-19(25)14-3-6-16(7-4-14)29(26,27)22-10-2-9-21/h3-8,11,22H,2,10,12H2,1H3,(H,23,24). The van der Waals surface area contributed by atoms with Gasteiger partial charge in [0.05, 0.1) is 16.5 Å². The molecule has 2 rings (SSSR count). The molecular weight excluding hydrogens is 418 g/mol. The molecule has 10 heteroatoms. The van der Waals surface area contributed by atoms with Gasteiger partial charge in [0.15, 0.2) is 6.61 Å². The third-order valence-corrected chi connectivity index (χ3v) is 5.44. The highest BCUT2D eigenvalue weighted by atomic mass is 35.5. The maximum absolute atomic E-state index is 12.1. The van der Waals surface area contributed by atoms with E-state index in [0.717, 1.165) is 5.56 Å². The van der Waals surface area contributed by atoms with Crippen LogP contribution < -0.4 is 10.0 Å². The minimum atomic E-state index is -3.77. The molecule has 0 aliphatic rings. The summed E-state index contributed by atoms with van der Waals surface area (Å²) < 4.78 is 31.3. The molecule has 0 aliphatic carbocycles. The van der Waals surface area contributed by atoms with Crippen LogP contribution in [0.2, 0.25) is 5.02 Å². The number of rotatable bonds is 8. The molecule has 0 saturated carbocycles. The van der Waals surface area contributed by atoms with Crippen molar-refractivity contribution < 1.29 is 22.7 Å². The lowest BCUT2D eigenvalue weighted by Gasteiger charge is -2.10. The van der Waals surface area contributed by atoms with E-state index in [-0.39, 0.29) is 23.4 Å². The van der Waals surface area contributed by atoms with E-state index in [0.29, 0.717) is 10.7 Å². The van der Waals surface area contributed by atoms with Crippen molar-refractivity contribution >= 4 is 39.2 Å². The van der Waals surface area contributed by atoms with Crippen LogP contribution in [0.15, 0.2) is 47.4 Å². The number of sulfonamides is 1. The van der Waals surface area contributed by atoms with Crippen LogP contribution in [0.25, 0.3) is 0 Å². The molecule has 2 N–H and O–H groups in total. The number of halogens is 1. The van der Waals surface area contributed by atoms with Gasteiger partial charge < -0.3 is 10.1 Å². The SMILES string of the molecule is Cc1cc(Cl)ccc1NC(=O)COC(=O)c1ccc(S(=O)(=O)NCCC#N)cc1. The maximum atomic E-state index is 12.1. The first-order chi connectivity index (χ1) is 13.7. The van der Waals surface area contributed by atoms with Gasteiger partial charge in [0, 0.05) is 23.7 Å². The zero-order valence-corrected chi connectivity index (χ0v) is 17.0. The Bertz CT molecular complexity index is 1050. The number of hydrogen-bond acceptors (Lipinski definition) is 6. The number of anilines is 1. The molecule has 0 aromatic heterocycles. The van der Waals surface area contributed by atoms with Gasteiger partial charge in [-0.3, -0.25) is 4.79 Å². The van der Waals surface area contributed by atoms with Crippen LogP contribution in [0.5, 0.6) is 0 Å². The smallest absolute Gasteiger partial charge is 0.338 e. The van der Waals surface area contributed by atoms with Gasteiger partial charge in [0.25, 0.3) is 5.91 Å². The first-order valence-corrected chi connectivity index (χ1v) is 10.3. The molecule has 152 valence electrons. The molecule has 0 fully saturated rings. The van der Waals surface area contributed by atoms with Crippen molar-refractivity contribution in [3.63, 3.8) is 0 Å². The van der Waals surface area contributed by atoms with Gasteiger partial charge in [-0.15, -0.1) is 0 Å². The molecule has 0 bridgehead atoms. The highest BCUT2D eigenvalue weighted by Crippen LogP contribution is 2.19. The second kappa shape index (κ2) is 10.0. The van der Waals surface area contributed by atoms with E-state index in [1.54, 1.807) is 25.1 Å². The van der Waals surface area contributed by atoms with Crippen LogP contribution in [0.4, 0.5) is 5.69 Å². The summed E-state index contributed by atoms with van der Waals surface area (Å²) in [5.41, 5.74) is 1.41. The summed E-state index contributed by atoms with van der Waals surface area (Å²) in [5.74, 6) is -1.29. The van der Waals surface area contributed by atoms with Crippen molar-refractivity contribution in [2.24, 2.45) is 0 Å². The fourth-order valence-corrected chi connectivity index (χ4v) is 3.52. The van der Waals surface area contributed by atoms with Crippen LogP contribution in [-0.2, 0) is 19.6 Å². The van der Waals surface area contributed by atoms with Crippen molar-refractivity contribution in [3.05, 3.63) is 58.6 Å². The van der Waals surface area contributed by atoms with Crippen LogP contribution in [0, 0.1) is 18.3 Å². The van der Waals surface area contributed by atoms with Gasteiger partial charge in [-0.25, -0.2) is 17.9 Å². The van der Waals surface area contributed by atoms with Gasteiger partial charge in [0.2, 0.25) is 10.0 Å². The minimum absolute atomic E-state index is 0.00910. The van der Waals surface area contributed by atoms with E-state index in [9.17, 15) is 18.0 Å².